The summed E-state index contributed by atoms with van der Waals surface area (Å²) in [6, 6.07) is 27.3. The molecule has 0 heterocycles. The molecule has 3 rings (SSSR count). The van der Waals surface area contributed by atoms with Crippen molar-refractivity contribution in [3.05, 3.63) is 101 Å². The molecular formula is C24H18N2O. The lowest BCUT2D eigenvalue weighted by molar-refractivity contribution is 0.306. The second kappa shape index (κ2) is 8.52. The zero-order chi connectivity index (χ0) is 19.1. The number of allylic oxidation sites excluding steroid dienone is 1. The number of aryl methyl sites for hydroxylation is 1. The second-order valence-corrected chi connectivity index (χ2v) is 6.16. The van der Waals surface area contributed by atoms with Crippen LogP contribution in [0.1, 0.15) is 27.8 Å². The fourth-order valence-corrected chi connectivity index (χ4v) is 2.66. The molecule has 0 saturated heterocycles. The summed E-state index contributed by atoms with van der Waals surface area (Å²) >= 11 is 0. The van der Waals surface area contributed by atoms with E-state index >= 15 is 0 Å². The second-order valence-electron chi connectivity index (χ2n) is 6.16. The summed E-state index contributed by atoms with van der Waals surface area (Å²) in [6.45, 7) is 2.36. The van der Waals surface area contributed by atoms with E-state index in [4.69, 9.17) is 10.00 Å². The van der Waals surface area contributed by atoms with E-state index in [0.29, 0.717) is 23.5 Å². The van der Waals surface area contributed by atoms with E-state index < -0.39 is 0 Å². The van der Waals surface area contributed by atoms with Gasteiger partial charge in [0.1, 0.15) is 12.4 Å². The Labute approximate surface area is 159 Å². The molecule has 0 aliphatic carbocycles. The topological polar surface area (TPSA) is 56.8 Å². The van der Waals surface area contributed by atoms with Gasteiger partial charge in [0, 0.05) is 5.56 Å². The molecule has 3 aromatic rings. The van der Waals surface area contributed by atoms with Gasteiger partial charge in [0.25, 0.3) is 0 Å². The molecule has 0 fully saturated rings. The van der Waals surface area contributed by atoms with Gasteiger partial charge in [-0.2, -0.15) is 10.5 Å². The van der Waals surface area contributed by atoms with Crippen LogP contribution >= 0.6 is 0 Å². The van der Waals surface area contributed by atoms with Gasteiger partial charge in [-0.25, -0.2) is 0 Å². The van der Waals surface area contributed by atoms with Crippen molar-refractivity contribution in [1.29, 1.82) is 10.5 Å². The number of hydrogen-bond donors (Lipinski definition) is 0. The van der Waals surface area contributed by atoms with E-state index in [0.717, 1.165) is 22.3 Å². The van der Waals surface area contributed by atoms with Gasteiger partial charge in [0.2, 0.25) is 0 Å². The SMILES string of the molecule is Cc1ccc(/C(C#N)=C\c2ccc(OCc3ccccc3C#N)cc2)cc1. The van der Waals surface area contributed by atoms with Crippen molar-refractivity contribution in [1.82, 2.24) is 0 Å². The van der Waals surface area contributed by atoms with E-state index in [2.05, 4.69) is 12.1 Å². The highest BCUT2D eigenvalue weighted by Crippen LogP contribution is 2.21. The molecule has 0 spiro atoms. The quantitative estimate of drug-likeness (QED) is 0.450. The molecule has 0 aromatic heterocycles. The molecule has 130 valence electrons. The smallest absolute Gasteiger partial charge is 0.119 e. The van der Waals surface area contributed by atoms with Crippen LogP contribution in [0.5, 0.6) is 5.75 Å². The first-order valence-corrected chi connectivity index (χ1v) is 8.59. The number of nitriles is 2. The zero-order valence-electron chi connectivity index (χ0n) is 15.0. The monoisotopic (exact) mass is 350 g/mol. The average Bonchev–Trinajstić information content (AvgIpc) is 2.72. The minimum Gasteiger partial charge on any atom is -0.489 e. The molecule has 0 aliphatic rings. The van der Waals surface area contributed by atoms with E-state index in [1.807, 2.05) is 79.7 Å². The minimum absolute atomic E-state index is 0.339. The molecular weight excluding hydrogens is 332 g/mol. The van der Waals surface area contributed by atoms with E-state index in [1.54, 1.807) is 6.07 Å². The highest BCUT2D eigenvalue weighted by Gasteiger charge is 2.03. The molecule has 0 N–H and O–H groups in total. The van der Waals surface area contributed by atoms with E-state index in [9.17, 15) is 5.26 Å². The normalized spacial score (nSPS) is 10.7. The van der Waals surface area contributed by atoms with Crippen molar-refractivity contribution in [3.8, 4) is 17.9 Å². The lowest BCUT2D eigenvalue weighted by Gasteiger charge is -2.08. The van der Waals surface area contributed by atoms with E-state index in [-0.39, 0.29) is 0 Å². The Hall–Kier alpha value is -3.82. The zero-order valence-corrected chi connectivity index (χ0v) is 15.0. The first kappa shape index (κ1) is 18.0. The predicted molar refractivity (Wildman–Crippen MR) is 107 cm³/mol. The summed E-state index contributed by atoms with van der Waals surface area (Å²) in [5, 5.41) is 18.6. The lowest BCUT2D eigenvalue weighted by atomic mass is 10.0. The van der Waals surface area contributed by atoms with Gasteiger partial charge in [-0.3, -0.25) is 0 Å². The summed E-state index contributed by atoms with van der Waals surface area (Å²) in [5.74, 6) is 0.716. The Balaban J connectivity index is 1.72. The van der Waals surface area contributed by atoms with Crippen LogP contribution in [0.3, 0.4) is 0 Å². The maximum absolute atomic E-state index is 9.46. The maximum Gasteiger partial charge on any atom is 0.119 e. The van der Waals surface area contributed by atoms with Gasteiger partial charge in [0.05, 0.1) is 23.3 Å². The first-order valence-electron chi connectivity index (χ1n) is 8.59. The van der Waals surface area contributed by atoms with Crippen molar-refractivity contribution < 1.29 is 4.74 Å². The summed E-state index contributed by atoms with van der Waals surface area (Å²) in [5.41, 5.74) is 5.08. The van der Waals surface area contributed by atoms with Crippen molar-refractivity contribution >= 4 is 11.6 Å². The molecule has 0 bridgehead atoms. The highest BCUT2D eigenvalue weighted by atomic mass is 16.5. The van der Waals surface area contributed by atoms with Gasteiger partial charge >= 0.3 is 0 Å². The number of hydrogen-bond acceptors (Lipinski definition) is 3. The fraction of sp³-hybridized carbons (Fsp3) is 0.0833. The Morgan fingerprint density at radius 3 is 2.30 bits per heavy atom. The summed E-state index contributed by atoms with van der Waals surface area (Å²) in [6.07, 6.45) is 1.86. The van der Waals surface area contributed by atoms with Crippen LogP contribution in [0.15, 0.2) is 72.8 Å². The van der Waals surface area contributed by atoms with Gasteiger partial charge < -0.3 is 4.74 Å². The lowest BCUT2D eigenvalue weighted by Crippen LogP contribution is -1.98. The molecule has 0 amide bonds. The van der Waals surface area contributed by atoms with Crippen LogP contribution in [0.2, 0.25) is 0 Å². The molecule has 3 aromatic carbocycles. The molecule has 3 nitrogen and oxygen atoms in total. The summed E-state index contributed by atoms with van der Waals surface area (Å²) < 4.78 is 5.78. The molecule has 3 heteroatoms. The van der Waals surface area contributed by atoms with Gasteiger partial charge in [-0.05, 0) is 42.3 Å². The molecule has 27 heavy (non-hydrogen) atoms. The number of rotatable bonds is 5. The Kier molecular flexibility index (Phi) is 5.67. The van der Waals surface area contributed by atoms with Crippen molar-refractivity contribution in [3.63, 3.8) is 0 Å². The molecule has 0 aliphatic heterocycles. The van der Waals surface area contributed by atoms with Crippen molar-refractivity contribution in [2.45, 2.75) is 13.5 Å². The summed E-state index contributed by atoms with van der Waals surface area (Å²) in [4.78, 5) is 0. The molecule has 0 radical (unpaired) electrons. The Bertz CT molecular complexity index is 1030. The van der Waals surface area contributed by atoms with Crippen LogP contribution in [0.25, 0.3) is 11.6 Å². The van der Waals surface area contributed by atoms with Gasteiger partial charge in [0.15, 0.2) is 0 Å². The van der Waals surface area contributed by atoms with Crippen LogP contribution in [0, 0.1) is 29.6 Å². The van der Waals surface area contributed by atoms with Crippen LogP contribution in [-0.4, -0.2) is 0 Å². The molecule has 0 atom stereocenters. The minimum atomic E-state index is 0.339. The third-order valence-corrected chi connectivity index (χ3v) is 4.21. The van der Waals surface area contributed by atoms with Gasteiger partial charge in [-0.15, -0.1) is 0 Å². The fourth-order valence-electron chi connectivity index (χ4n) is 2.66. The number of nitrogens with zero attached hydrogens (tertiary/aromatic N) is 2. The van der Waals surface area contributed by atoms with Crippen LogP contribution in [0.4, 0.5) is 0 Å². The highest BCUT2D eigenvalue weighted by molar-refractivity contribution is 5.89. The predicted octanol–water partition coefficient (Wildman–Crippen LogP) is 5.51. The van der Waals surface area contributed by atoms with Gasteiger partial charge in [-0.1, -0.05) is 60.2 Å². The summed E-state index contributed by atoms with van der Waals surface area (Å²) in [7, 11) is 0. The molecule has 0 saturated carbocycles. The third kappa shape index (κ3) is 4.63. The van der Waals surface area contributed by atoms with Crippen molar-refractivity contribution in [2.75, 3.05) is 0 Å². The maximum atomic E-state index is 9.46. The van der Waals surface area contributed by atoms with E-state index in [1.165, 1.54) is 0 Å². The Morgan fingerprint density at radius 1 is 0.926 bits per heavy atom. The number of ether oxygens (including phenoxy) is 1. The average molecular weight is 350 g/mol. The van der Waals surface area contributed by atoms with Crippen LogP contribution in [-0.2, 0) is 6.61 Å². The third-order valence-electron chi connectivity index (χ3n) is 4.21. The van der Waals surface area contributed by atoms with Crippen molar-refractivity contribution in [2.24, 2.45) is 0 Å². The molecule has 0 unspecified atom stereocenters. The largest absolute Gasteiger partial charge is 0.489 e. The first-order chi connectivity index (χ1) is 13.2. The standard InChI is InChI=1S/C24H18N2O/c1-18-6-10-20(11-7-18)23(16-26)14-19-8-12-24(13-9-19)27-17-22-5-3-2-4-21(22)15-25/h2-14H,17H2,1H3/b23-14-. The number of benzene rings is 3. The Morgan fingerprint density at radius 2 is 1.63 bits per heavy atom. The van der Waals surface area contributed by atoms with Crippen LogP contribution < -0.4 is 4.74 Å².